The molecule has 49 heavy (non-hydrogen) atoms. The second-order valence-corrected chi connectivity index (χ2v) is 12.8. The fourth-order valence-electron chi connectivity index (χ4n) is 5.76. The van der Waals surface area contributed by atoms with E-state index in [0.717, 1.165) is 37.0 Å². The summed E-state index contributed by atoms with van der Waals surface area (Å²) >= 11 is 0. The van der Waals surface area contributed by atoms with Gasteiger partial charge in [0.1, 0.15) is 5.75 Å². The SMILES string of the molecule is C[C@H]1CCCCO[C@@H](CN(C)Cc2ccc(C(F)(F)F)cc2)[C@@H](C)CN([C@@H](C)CO)C(=O)c2cc(NC(=O)Nc3ccccc3)ccc2O1. The van der Waals surface area contributed by atoms with Crippen molar-refractivity contribution >= 4 is 23.3 Å². The molecule has 3 N–H and O–H groups in total. The predicted octanol–water partition coefficient (Wildman–Crippen LogP) is 7.28. The van der Waals surface area contributed by atoms with Crippen molar-refractivity contribution in [2.45, 2.75) is 71.0 Å². The number of alkyl halides is 3. The van der Waals surface area contributed by atoms with Gasteiger partial charge in [0.15, 0.2) is 0 Å². The molecule has 0 saturated heterocycles. The number of anilines is 2. The normalized spacial score (nSPS) is 20.1. The van der Waals surface area contributed by atoms with Crippen molar-refractivity contribution < 1.29 is 37.3 Å². The van der Waals surface area contributed by atoms with Crippen molar-refractivity contribution in [3.63, 3.8) is 0 Å². The Hall–Kier alpha value is -4.13. The molecular formula is C37H47F3N4O5. The summed E-state index contributed by atoms with van der Waals surface area (Å²) in [5.74, 6) is -0.163. The Labute approximate surface area is 286 Å². The van der Waals surface area contributed by atoms with E-state index in [9.17, 15) is 27.9 Å². The summed E-state index contributed by atoms with van der Waals surface area (Å²) in [6.45, 7) is 7.04. The van der Waals surface area contributed by atoms with Gasteiger partial charge in [0, 0.05) is 43.5 Å². The lowest BCUT2D eigenvalue weighted by Crippen LogP contribution is -2.47. The Morgan fingerprint density at radius 3 is 2.39 bits per heavy atom. The average Bonchev–Trinajstić information content (AvgIpc) is 3.06. The number of aliphatic hydroxyl groups is 1. The first-order valence-corrected chi connectivity index (χ1v) is 16.7. The van der Waals surface area contributed by atoms with Crippen LogP contribution >= 0.6 is 0 Å². The molecule has 0 unspecified atom stereocenters. The molecule has 0 aliphatic carbocycles. The first-order chi connectivity index (χ1) is 23.3. The lowest BCUT2D eigenvalue weighted by atomic mass is 10.0. The molecule has 1 aliphatic rings. The summed E-state index contributed by atoms with van der Waals surface area (Å²) < 4.78 is 51.8. The highest BCUT2D eigenvalue weighted by Crippen LogP contribution is 2.30. The second kappa shape index (κ2) is 17.5. The molecule has 3 aromatic carbocycles. The molecule has 1 aliphatic heterocycles. The van der Waals surface area contributed by atoms with Crippen LogP contribution in [0, 0.1) is 5.92 Å². The molecule has 1 heterocycles. The van der Waals surface area contributed by atoms with Crippen molar-refractivity contribution in [1.82, 2.24) is 9.80 Å². The maximum Gasteiger partial charge on any atom is 0.416 e. The molecule has 266 valence electrons. The Bertz CT molecular complexity index is 1510. The number of hydrogen-bond acceptors (Lipinski definition) is 6. The Kier molecular flexibility index (Phi) is 13.5. The van der Waals surface area contributed by atoms with E-state index in [-0.39, 0.29) is 42.7 Å². The minimum Gasteiger partial charge on any atom is -0.490 e. The van der Waals surface area contributed by atoms with Gasteiger partial charge >= 0.3 is 12.2 Å². The van der Waals surface area contributed by atoms with Crippen molar-refractivity contribution in [3.05, 3.63) is 89.5 Å². The van der Waals surface area contributed by atoms with Crippen LogP contribution in [0.15, 0.2) is 72.8 Å². The number of ether oxygens (including phenoxy) is 2. The third-order valence-electron chi connectivity index (χ3n) is 8.57. The van der Waals surface area contributed by atoms with Crippen LogP contribution in [0.3, 0.4) is 0 Å². The van der Waals surface area contributed by atoms with E-state index in [1.54, 1.807) is 42.2 Å². The van der Waals surface area contributed by atoms with Gasteiger partial charge in [-0.15, -0.1) is 0 Å². The lowest BCUT2D eigenvalue weighted by Gasteiger charge is -2.36. The third-order valence-corrected chi connectivity index (χ3v) is 8.57. The maximum atomic E-state index is 14.3. The number of aliphatic hydroxyl groups excluding tert-OH is 1. The number of halogens is 3. The highest BCUT2D eigenvalue weighted by Gasteiger charge is 2.32. The van der Waals surface area contributed by atoms with Gasteiger partial charge in [-0.2, -0.15) is 13.2 Å². The van der Waals surface area contributed by atoms with Crippen molar-refractivity contribution in [2.75, 3.05) is 44.0 Å². The van der Waals surface area contributed by atoms with Crippen LogP contribution in [0.5, 0.6) is 5.75 Å². The van der Waals surface area contributed by atoms with E-state index in [0.29, 0.717) is 36.8 Å². The number of rotatable bonds is 8. The molecule has 0 aromatic heterocycles. The monoisotopic (exact) mass is 684 g/mol. The van der Waals surface area contributed by atoms with Crippen LogP contribution in [0.25, 0.3) is 0 Å². The molecular weight excluding hydrogens is 637 g/mol. The van der Waals surface area contributed by atoms with Gasteiger partial charge in [0.2, 0.25) is 0 Å². The van der Waals surface area contributed by atoms with E-state index in [4.69, 9.17) is 9.47 Å². The Morgan fingerprint density at radius 1 is 1.02 bits per heavy atom. The molecule has 0 saturated carbocycles. The molecule has 0 fully saturated rings. The zero-order chi connectivity index (χ0) is 35.6. The molecule has 3 amide bonds. The Morgan fingerprint density at radius 2 is 1.71 bits per heavy atom. The van der Waals surface area contributed by atoms with Gasteiger partial charge < -0.3 is 30.1 Å². The van der Waals surface area contributed by atoms with Gasteiger partial charge in [0.25, 0.3) is 5.91 Å². The van der Waals surface area contributed by atoms with Crippen LogP contribution in [-0.4, -0.2) is 78.4 Å². The van der Waals surface area contributed by atoms with E-state index in [2.05, 4.69) is 10.6 Å². The lowest BCUT2D eigenvalue weighted by molar-refractivity contribution is -0.137. The highest BCUT2D eigenvalue weighted by atomic mass is 19.4. The number of urea groups is 1. The number of carbonyl (C=O) groups excluding carboxylic acids is 2. The second-order valence-electron chi connectivity index (χ2n) is 12.8. The smallest absolute Gasteiger partial charge is 0.416 e. The average molecular weight is 685 g/mol. The standard InChI is InChI=1S/C37H47F3N4O5/c1-25-21-44(26(2)24-45)35(46)32-20-31(42-36(47)41-30-11-6-5-7-12-30)17-18-33(32)49-27(3)10-8-9-19-48-34(25)23-43(4)22-28-13-15-29(16-14-28)37(38,39)40/h5-7,11-18,20,25-27,34,45H,8-10,19,21-24H2,1-4H3,(H2,41,42,47)/t25-,26-,27-,34-/m0/s1. The fourth-order valence-corrected chi connectivity index (χ4v) is 5.76. The molecule has 9 nitrogen and oxygen atoms in total. The Balaban J connectivity index is 1.56. The zero-order valence-corrected chi connectivity index (χ0v) is 28.5. The minimum absolute atomic E-state index is 0.183. The van der Waals surface area contributed by atoms with Crippen LogP contribution in [0.1, 0.15) is 61.5 Å². The number of carbonyl (C=O) groups is 2. The van der Waals surface area contributed by atoms with E-state index in [1.807, 2.05) is 44.0 Å². The largest absolute Gasteiger partial charge is 0.490 e. The first kappa shape index (κ1) is 37.7. The number of benzene rings is 3. The summed E-state index contributed by atoms with van der Waals surface area (Å²) in [5, 5.41) is 15.8. The van der Waals surface area contributed by atoms with Gasteiger partial charge in [-0.1, -0.05) is 37.3 Å². The van der Waals surface area contributed by atoms with E-state index >= 15 is 0 Å². The van der Waals surface area contributed by atoms with Crippen molar-refractivity contribution in [2.24, 2.45) is 5.92 Å². The molecule has 3 aromatic rings. The summed E-state index contributed by atoms with van der Waals surface area (Å²) in [7, 11) is 1.89. The molecule has 0 radical (unpaired) electrons. The van der Waals surface area contributed by atoms with Gasteiger partial charge in [-0.3, -0.25) is 9.69 Å². The van der Waals surface area contributed by atoms with Crippen molar-refractivity contribution in [3.8, 4) is 5.75 Å². The summed E-state index contributed by atoms with van der Waals surface area (Å²) in [5.41, 5.74) is 1.32. The quantitative estimate of drug-likeness (QED) is 0.231. The van der Waals surface area contributed by atoms with Crippen LogP contribution in [0.2, 0.25) is 0 Å². The van der Waals surface area contributed by atoms with E-state index < -0.39 is 23.8 Å². The van der Waals surface area contributed by atoms with Crippen LogP contribution in [-0.2, 0) is 17.5 Å². The summed E-state index contributed by atoms with van der Waals surface area (Å²) in [6.07, 6.45) is -2.56. The molecule has 0 bridgehead atoms. The first-order valence-electron chi connectivity index (χ1n) is 16.7. The van der Waals surface area contributed by atoms with Crippen molar-refractivity contribution in [1.29, 1.82) is 0 Å². The number of likely N-dealkylation sites (N-methyl/N-ethyl adjacent to an activating group) is 1. The van der Waals surface area contributed by atoms with E-state index in [1.165, 1.54) is 12.1 Å². The zero-order valence-electron chi connectivity index (χ0n) is 28.5. The van der Waals surface area contributed by atoms with Gasteiger partial charge in [-0.05, 0) is 88.2 Å². The number of nitrogens with one attached hydrogen (secondary N) is 2. The number of amides is 3. The molecule has 4 atom stereocenters. The summed E-state index contributed by atoms with van der Waals surface area (Å²) in [6, 6.07) is 18.1. The van der Waals surface area contributed by atoms with Gasteiger partial charge in [-0.25, -0.2) is 4.79 Å². The molecule has 0 spiro atoms. The van der Waals surface area contributed by atoms with Crippen LogP contribution < -0.4 is 15.4 Å². The number of fused-ring (bicyclic) bond motifs is 1. The van der Waals surface area contributed by atoms with Gasteiger partial charge in [0.05, 0.1) is 36.0 Å². The minimum atomic E-state index is -4.40. The number of hydrogen-bond donors (Lipinski definition) is 3. The van der Waals surface area contributed by atoms with Crippen LogP contribution in [0.4, 0.5) is 29.3 Å². The predicted molar refractivity (Wildman–Crippen MR) is 184 cm³/mol. The maximum absolute atomic E-state index is 14.3. The fraction of sp³-hybridized carbons (Fsp3) is 0.459. The summed E-state index contributed by atoms with van der Waals surface area (Å²) in [4.78, 5) is 30.7. The molecule has 4 rings (SSSR count). The molecule has 12 heteroatoms. The number of para-hydroxylation sites is 1. The topological polar surface area (TPSA) is 103 Å². The highest BCUT2D eigenvalue weighted by molar-refractivity contribution is 6.02. The third kappa shape index (κ3) is 11.2. The number of nitrogens with zero attached hydrogens (tertiary/aromatic N) is 2.